The predicted octanol–water partition coefficient (Wildman–Crippen LogP) is 5.87. The van der Waals surface area contributed by atoms with Crippen LogP contribution >= 0.6 is 0 Å². The SMILES string of the molecule is O=C(O)c1ccc2c(c1)cc(COc1ccccc1)n2Cc1cccc(OC(F)(F)F)c1. The summed E-state index contributed by atoms with van der Waals surface area (Å²) in [6.07, 6.45) is -4.78. The van der Waals surface area contributed by atoms with Crippen molar-refractivity contribution < 1.29 is 32.5 Å². The van der Waals surface area contributed by atoms with Gasteiger partial charge in [-0.2, -0.15) is 0 Å². The third kappa shape index (κ3) is 5.03. The first-order chi connectivity index (χ1) is 15.3. The molecule has 0 unspecified atom stereocenters. The lowest BCUT2D eigenvalue weighted by Gasteiger charge is -2.14. The summed E-state index contributed by atoms with van der Waals surface area (Å²) in [6.45, 7) is 0.443. The minimum absolute atomic E-state index is 0.144. The van der Waals surface area contributed by atoms with Gasteiger partial charge in [-0.1, -0.05) is 30.3 Å². The minimum atomic E-state index is -4.78. The average Bonchev–Trinajstić information content (AvgIpc) is 3.08. The highest BCUT2D eigenvalue weighted by molar-refractivity contribution is 5.94. The molecule has 5 nitrogen and oxygen atoms in total. The van der Waals surface area contributed by atoms with Crippen molar-refractivity contribution in [3.05, 3.63) is 95.7 Å². The van der Waals surface area contributed by atoms with Gasteiger partial charge in [-0.15, -0.1) is 13.2 Å². The molecule has 3 aromatic carbocycles. The summed E-state index contributed by atoms with van der Waals surface area (Å²) in [5.74, 6) is -0.684. The molecule has 0 aliphatic rings. The Kier molecular flexibility index (Phi) is 5.77. The molecule has 1 N–H and O–H groups in total. The van der Waals surface area contributed by atoms with E-state index < -0.39 is 12.3 Å². The molecule has 0 fully saturated rings. The van der Waals surface area contributed by atoms with Gasteiger partial charge >= 0.3 is 12.3 Å². The van der Waals surface area contributed by atoms with E-state index in [4.69, 9.17) is 4.74 Å². The monoisotopic (exact) mass is 441 g/mol. The van der Waals surface area contributed by atoms with Crippen LogP contribution in [0.25, 0.3) is 10.9 Å². The van der Waals surface area contributed by atoms with Crippen LogP contribution in [0.5, 0.6) is 11.5 Å². The Hall–Kier alpha value is -3.94. The lowest BCUT2D eigenvalue weighted by molar-refractivity contribution is -0.274. The van der Waals surface area contributed by atoms with E-state index in [2.05, 4.69) is 4.74 Å². The minimum Gasteiger partial charge on any atom is -0.487 e. The van der Waals surface area contributed by atoms with E-state index in [9.17, 15) is 23.1 Å². The fourth-order valence-electron chi connectivity index (χ4n) is 3.46. The smallest absolute Gasteiger partial charge is 0.487 e. The number of carboxylic acids is 1. The van der Waals surface area contributed by atoms with Crippen LogP contribution in [0.4, 0.5) is 13.2 Å². The topological polar surface area (TPSA) is 60.7 Å². The van der Waals surface area contributed by atoms with Gasteiger partial charge in [0.05, 0.1) is 11.3 Å². The van der Waals surface area contributed by atoms with Gasteiger partial charge in [0.15, 0.2) is 0 Å². The van der Waals surface area contributed by atoms with Gasteiger partial charge in [0.25, 0.3) is 0 Å². The predicted molar refractivity (Wildman–Crippen MR) is 112 cm³/mol. The molecule has 32 heavy (non-hydrogen) atoms. The van der Waals surface area contributed by atoms with E-state index in [1.807, 2.05) is 41.0 Å². The number of hydrogen-bond acceptors (Lipinski definition) is 3. The molecule has 4 rings (SSSR count). The van der Waals surface area contributed by atoms with E-state index in [1.54, 1.807) is 18.2 Å². The third-order valence-electron chi connectivity index (χ3n) is 4.84. The maximum absolute atomic E-state index is 12.6. The number of alkyl halides is 3. The van der Waals surface area contributed by atoms with Crippen LogP contribution in [0.15, 0.2) is 78.9 Å². The van der Waals surface area contributed by atoms with Crippen LogP contribution in [0, 0.1) is 0 Å². The van der Waals surface area contributed by atoms with Crippen LogP contribution in [0.1, 0.15) is 21.6 Å². The summed E-state index contributed by atoms with van der Waals surface area (Å²) in [5, 5.41) is 9.99. The zero-order valence-corrected chi connectivity index (χ0v) is 16.7. The second-order valence-corrected chi connectivity index (χ2v) is 7.10. The van der Waals surface area contributed by atoms with Gasteiger partial charge in [-0.25, -0.2) is 4.79 Å². The highest BCUT2D eigenvalue weighted by Crippen LogP contribution is 2.27. The van der Waals surface area contributed by atoms with Crippen molar-refractivity contribution in [3.63, 3.8) is 0 Å². The van der Waals surface area contributed by atoms with E-state index >= 15 is 0 Å². The summed E-state index contributed by atoms with van der Waals surface area (Å²) < 4.78 is 49.6. The number of aromatic nitrogens is 1. The molecule has 0 atom stereocenters. The molecular formula is C24H18F3NO4. The molecule has 0 saturated carbocycles. The number of carbonyl (C=O) groups is 1. The summed E-state index contributed by atoms with van der Waals surface area (Å²) in [4.78, 5) is 11.4. The number of rotatable bonds is 7. The summed E-state index contributed by atoms with van der Waals surface area (Å²) in [6, 6.07) is 21.5. The van der Waals surface area contributed by atoms with Crippen molar-refractivity contribution in [1.82, 2.24) is 4.57 Å². The van der Waals surface area contributed by atoms with Crippen molar-refractivity contribution in [2.45, 2.75) is 19.5 Å². The first kappa shape index (κ1) is 21.3. The molecule has 0 aliphatic heterocycles. The second kappa shape index (κ2) is 8.66. The van der Waals surface area contributed by atoms with Gasteiger partial charge in [0.2, 0.25) is 0 Å². The molecule has 0 spiro atoms. The zero-order chi connectivity index (χ0) is 22.7. The summed E-state index contributed by atoms with van der Waals surface area (Å²) >= 11 is 0. The number of benzene rings is 3. The molecule has 0 saturated heterocycles. The fraction of sp³-hybridized carbons (Fsp3) is 0.125. The zero-order valence-electron chi connectivity index (χ0n) is 16.7. The van der Waals surface area contributed by atoms with Crippen molar-refractivity contribution >= 4 is 16.9 Å². The maximum atomic E-state index is 12.6. The van der Waals surface area contributed by atoms with Crippen LogP contribution in [0.2, 0.25) is 0 Å². The van der Waals surface area contributed by atoms with Crippen LogP contribution < -0.4 is 9.47 Å². The molecule has 4 aromatic rings. The first-order valence-electron chi connectivity index (χ1n) is 9.66. The molecule has 0 bridgehead atoms. The highest BCUT2D eigenvalue weighted by atomic mass is 19.4. The number of nitrogens with zero attached hydrogens (tertiary/aromatic N) is 1. The standard InChI is InChI=1S/C24H18F3NO4/c25-24(26,27)32-21-8-4-5-16(11-21)14-28-19(15-31-20-6-2-1-3-7-20)13-18-12-17(23(29)30)9-10-22(18)28/h1-13H,14-15H2,(H,29,30). The van der Waals surface area contributed by atoms with Crippen molar-refractivity contribution in [2.24, 2.45) is 0 Å². The second-order valence-electron chi connectivity index (χ2n) is 7.10. The number of hydrogen-bond donors (Lipinski definition) is 1. The average molecular weight is 441 g/mol. The normalized spacial score (nSPS) is 11.5. The largest absolute Gasteiger partial charge is 0.573 e. The van der Waals surface area contributed by atoms with Crippen LogP contribution in [0.3, 0.4) is 0 Å². The van der Waals surface area contributed by atoms with Gasteiger partial charge in [-0.05, 0) is 54.1 Å². The van der Waals surface area contributed by atoms with Crippen LogP contribution in [-0.4, -0.2) is 22.0 Å². The molecule has 0 aliphatic carbocycles. The number of para-hydroxylation sites is 1. The molecule has 8 heteroatoms. The van der Waals surface area contributed by atoms with E-state index in [0.29, 0.717) is 16.7 Å². The van der Waals surface area contributed by atoms with Crippen molar-refractivity contribution in [3.8, 4) is 11.5 Å². The van der Waals surface area contributed by atoms with Gasteiger partial charge in [0, 0.05) is 17.4 Å². The Morgan fingerprint density at radius 3 is 2.38 bits per heavy atom. The van der Waals surface area contributed by atoms with E-state index in [1.165, 1.54) is 24.3 Å². The lowest BCUT2D eigenvalue weighted by Crippen LogP contribution is -2.17. The Balaban J connectivity index is 1.69. The Bertz CT molecular complexity index is 1250. The quantitative estimate of drug-likeness (QED) is 0.390. The van der Waals surface area contributed by atoms with E-state index in [-0.39, 0.29) is 24.5 Å². The number of halogens is 3. The number of ether oxygens (including phenoxy) is 2. The summed E-state index contributed by atoms with van der Waals surface area (Å²) in [7, 11) is 0. The maximum Gasteiger partial charge on any atom is 0.573 e. The van der Waals surface area contributed by atoms with Gasteiger partial charge < -0.3 is 19.1 Å². The van der Waals surface area contributed by atoms with Gasteiger partial charge in [0.1, 0.15) is 18.1 Å². The van der Waals surface area contributed by atoms with E-state index in [0.717, 1.165) is 11.2 Å². The fourth-order valence-corrected chi connectivity index (χ4v) is 3.46. The van der Waals surface area contributed by atoms with Crippen molar-refractivity contribution in [2.75, 3.05) is 0 Å². The number of fused-ring (bicyclic) bond motifs is 1. The Morgan fingerprint density at radius 2 is 1.66 bits per heavy atom. The Labute approximate surface area is 181 Å². The molecule has 164 valence electrons. The molecule has 1 heterocycles. The third-order valence-corrected chi connectivity index (χ3v) is 4.84. The first-order valence-corrected chi connectivity index (χ1v) is 9.66. The highest BCUT2D eigenvalue weighted by Gasteiger charge is 2.31. The van der Waals surface area contributed by atoms with Crippen molar-refractivity contribution in [1.29, 1.82) is 0 Å². The summed E-state index contributed by atoms with van der Waals surface area (Å²) in [5.41, 5.74) is 2.22. The number of carboxylic acid groups (broad SMARTS) is 1. The molecule has 0 radical (unpaired) electrons. The Morgan fingerprint density at radius 1 is 0.906 bits per heavy atom. The molecule has 0 amide bonds. The van der Waals surface area contributed by atoms with Crippen LogP contribution in [-0.2, 0) is 13.2 Å². The molecule has 1 aromatic heterocycles. The van der Waals surface area contributed by atoms with Gasteiger partial charge in [-0.3, -0.25) is 0 Å². The lowest BCUT2D eigenvalue weighted by atomic mass is 10.1. The molecular weight excluding hydrogens is 423 g/mol. The number of aromatic carboxylic acids is 1.